The molecular weight excluding hydrogens is 623 g/mol. The van der Waals surface area contributed by atoms with Crippen LogP contribution in [0.5, 0.6) is 0 Å². The van der Waals surface area contributed by atoms with E-state index >= 15 is 0 Å². The van der Waals surface area contributed by atoms with E-state index in [4.69, 9.17) is 24.4 Å². The molecule has 234 valence electrons. The fourth-order valence-electron chi connectivity index (χ4n) is 6.51. The van der Waals surface area contributed by atoms with Crippen LogP contribution in [0.1, 0.15) is 24.0 Å². The Morgan fingerprint density at radius 3 is 1.51 bits per heavy atom. The molecule has 0 fully saturated rings. The number of hydrogen-bond acceptors (Lipinski definition) is 3. The Morgan fingerprint density at radius 1 is 0.617 bits per heavy atom. The zero-order chi connectivity index (χ0) is 32.7. The number of aryl methyl sites for hydroxylation is 2. The van der Waals surface area contributed by atoms with Gasteiger partial charge in [-0.3, -0.25) is 0 Å². The van der Waals surface area contributed by atoms with Crippen LogP contribution < -0.4 is 26.5 Å². The minimum absolute atomic E-state index is 0.484. The second-order valence-electron chi connectivity index (χ2n) is 11.8. The van der Waals surface area contributed by atoms with E-state index < -0.39 is 8.07 Å². The summed E-state index contributed by atoms with van der Waals surface area (Å²) in [6.07, 6.45) is 10.5. The van der Waals surface area contributed by atoms with Gasteiger partial charge in [0.05, 0.1) is 6.33 Å². The number of benzene rings is 5. The van der Waals surface area contributed by atoms with Gasteiger partial charge < -0.3 is 4.57 Å². The molecule has 2 nitrogen and oxygen atoms in total. The Labute approximate surface area is 292 Å². The van der Waals surface area contributed by atoms with Crippen molar-refractivity contribution < 1.29 is 0 Å². The van der Waals surface area contributed by atoms with Crippen LogP contribution in [0.2, 0.25) is 6.82 Å². The molecule has 0 N–H and O–H groups in total. The van der Waals surface area contributed by atoms with E-state index in [1.165, 1.54) is 37.6 Å². The van der Waals surface area contributed by atoms with E-state index in [2.05, 4.69) is 162 Å². The van der Waals surface area contributed by atoms with Gasteiger partial charge in [0.25, 0.3) is 0 Å². The summed E-state index contributed by atoms with van der Waals surface area (Å²) in [5.74, 6) is 0. The van der Waals surface area contributed by atoms with Crippen molar-refractivity contribution in [3.8, 4) is 0 Å². The summed E-state index contributed by atoms with van der Waals surface area (Å²) >= 11 is 10.4. The predicted octanol–water partition coefficient (Wildman–Crippen LogP) is 6.38. The van der Waals surface area contributed by atoms with Gasteiger partial charge >= 0.3 is 0 Å². The molecule has 1 heterocycles. The maximum absolute atomic E-state index is 5.20. The molecule has 0 atom stereocenters. The molecular formula is C41H41BN2S2Si. The van der Waals surface area contributed by atoms with Crippen LogP contribution in [0.4, 0.5) is 0 Å². The first kappa shape index (κ1) is 34.1. The lowest BCUT2D eigenvalue weighted by atomic mass is 9.43. The van der Waals surface area contributed by atoms with Gasteiger partial charge in [-0.25, -0.2) is 4.98 Å². The lowest BCUT2D eigenvalue weighted by Gasteiger charge is -2.37. The number of thiocarbonyl (C=S) groups is 2. The van der Waals surface area contributed by atoms with Crippen LogP contribution in [0.25, 0.3) is 0 Å². The molecule has 0 aliphatic heterocycles. The molecule has 0 saturated heterocycles. The van der Waals surface area contributed by atoms with Gasteiger partial charge in [-0.15, -0.1) is 0 Å². The number of hydrogen-bond donors (Lipinski definition) is 0. The van der Waals surface area contributed by atoms with Crippen LogP contribution in [0.3, 0.4) is 0 Å². The topological polar surface area (TPSA) is 17.8 Å². The first-order chi connectivity index (χ1) is 23.2. The lowest BCUT2D eigenvalue weighted by molar-refractivity contribution is 0.860. The summed E-state index contributed by atoms with van der Waals surface area (Å²) in [6.45, 7) is 2.72. The molecule has 0 spiro atoms. The molecule has 0 aliphatic rings. The monoisotopic (exact) mass is 664 g/mol. The van der Waals surface area contributed by atoms with Crippen molar-refractivity contribution in [3.63, 3.8) is 0 Å². The quantitative estimate of drug-likeness (QED) is 0.0811. The van der Waals surface area contributed by atoms with Crippen LogP contribution >= 0.6 is 24.4 Å². The maximum Gasteiger partial charge on any atom is 0.206 e. The van der Waals surface area contributed by atoms with Gasteiger partial charge in [0.2, 0.25) is 6.71 Å². The summed E-state index contributed by atoms with van der Waals surface area (Å²) in [6, 6.07) is 50.2. The fourth-order valence-corrected chi connectivity index (χ4v) is 12.0. The third-order valence-electron chi connectivity index (χ3n) is 8.86. The average molecular weight is 665 g/mol. The van der Waals surface area contributed by atoms with Gasteiger partial charge in [0.15, 0.2) is 8.07 Å². The van der Waals surface area contributed by atoms with Crippen LogP contribution in [0.15, 0.2) is 158 Å². The fraction of sp³-hybridized carbons (Fsp3) is 0.146. The van der Waals surface area contributed by atoms with Crippen LogP contribution in [-0.2, 0) is 19.0 Å². The van der Waals surface area contributed by atoms with E-state index in [0.29, 0.717) is 6.71 Å². The molecule has 0 bridgehead atoms. The Morgan fingerprint density at radius 2 is 1.06 bits per heavy atom. The SMILES string of the molecule is CB(c1ccccc1)c1ccccc1.S=CCCc1ccccc1[Si](Cn1ccnc1)(c1ccccc1)c1ccccc1CCC=S. The van der Waals surface area contributed by atoms with Crippen molar-refractivity contribution >= 4 is 76.4 Å². The third kappa shape index (κ3) is 8.58. The number of rotatable bonds is 13. The molecule has 0 unspecified atom stereocenters. The lowest BCUT2D eigenvalue weighted by Crippen LogP contribution is -2.71. The number of nitrogens with zero attached hydrogens (tertiary/aromatic N) is 2. The minimum Gasteiger partial charge on any atom is -0.339 e. The highest BCUT2D eigenvalue weighted by Gasteiger charge is 2.42. The van der Waals surface area contributed by atoms with E-state index in [9.17, 15) is 0 Å². The van der Waals surface area contributed by atoms with Gasteiger partial charge in [-0.2, -0.15) is 0 Å². The Kier molecular flexibility index (Phi) is 12.8. The Hall–Kier alpha value is -4.23. The van der Waals surface area contributed by atoms with E-state index in [1.54, 1.807) is 0 Å². The molecule has 5 aromatic carbocycles. The second-order valence-corrected chi connectivity index (χ2v) is 16.2. The summed E-state index contributed by atoms with van der Waals surface area (Å²) in [5, 5.41) is 8.02. The first-order valence-electron chi connectivity index (χ1n) is 16.3. The van der Waals surface area contributed by atoms with Crippen molar-refractivity contribution in [2.45, 2.75) is 38.7 Å². The highest BCUT2D eigenvalue weighted by atomic mass is 32.1. The first-order valence-corrected chi connectivity index (χ1v) is 19.5. The van der Waals surface area contributed by atoms with Gasteiger partial charge in [-0.1, -0.05) is 182 Å². The molecule has 6 heteroatoms. The smallest absolute Gasteiger partial charge is 0.206 e. The molecule has 0 aliphatic carbocycles. The Balaban J connectivity index is 0.000000257. The highest BCUT2D eigenvalue weighted by molar-refractivity contribution is 7.79. The van der Waals surface area contributed by atoms with E-state index in [1.807, 2.05) is 23.3 Å². The third-order valence-corrected chi connectivity index (χ3v) is 14.3. The van der Waals surface area contributed by atoms with Crippen molar-refractivity contribution in [1.82, 2.24) is 9.55 Å². The summed E-state index contributed by atoms with van der Waals surface area (Å²) in [5.41, 5.74) is 5.52. The molecule has 6 aromatic rings. The molecule has 0 radical (unpaired) electrons. The van der Waals surface area contributed by atoms with Crippen LogP contribution in [-0.4, -0.2) is 35.1 Å². The molecule has 0 amide bonds. The molecule has 1 aromatic heterocycles. The van der Waals surface area contributed by atoms with Crippen molar-refractivity contribution in [2.24, 2.45) is 0 Å². The summed E-state index contributed by atoms with van der Waals surface area (Å²) < 4.78 is 2.26. The maximum atomic E-state index is 5.20. The Bertz CT molecular complexity index is 1720. The average Bonchev–Trinajstić information content (AvgIpc) is 3.67. The van der Waals surface area contributed by atoms with Gasteiger partial charge in [0.1, 0.15) is 0 Å². The standard InChI is InChI=1S/C28H28N2S2Si.C13H13B/c31-20-8-12-24-10-4-6-16-27(24)33(23-30-19-18-29-22-30,26-14-2-1-3-15-26)28-17-7-5-11-25(28)13-9-21-32;1-14(12-8-4-2-5-9-12)13-10-6-3-7-11-13/h1-7,10-11,14-22H,8-9,12-13,23H2;2-11H,1H3. The van der Waals surface area contributed by atoms with E-state index in [0.717, 1.165) is 31.9 Å². The molecule has 6 rings (SSSR count). The predicted molar refractivity (Wildman–Crippen MR) is 214 cm³/mol. The molecule has 47 heavy (non-hydrogen) atoms. The van der Waals surface area contributed by atoms with Crippen molar-refractivity contribution in [1.29, 1.82) is 0 Å². The van der Waals surface area contributed by atoms with Crippen molar-refractivity contribution in [3.05, 3.63) is 169 Å². The van der Waals surface area contributed by atoms with Gasteiger partial charge in [-0.05, 0) is 63.1 Å². The number of aromatic nitrogens is 2. The highest BCUT2D eigenvalue weighted by Crippen LogP contribution is 2.17. The minimum atomic E-state index is -2.49. The van der Waals surface area contributed by atoms with E-state index in [-0.39, 0.29) is 0 Å². The normalized spacial score (nSPS) is 10.8. The summed E-state index contributed by atoms with van der Waals surface area (Å²) in [7, 11) is -2.49. The largest absolute Gasteiger partial charge is 0.339 e. The van der Waals surface area contributed by atoms with Crippen LogP contribution in [0, 0.1) is 0 Å². The molecule has 0 saturated carbocycles. The zero-order valence-electron chi connectivity index (χ0n) is 27.0. The summed E-state index contributed by atoms with van der Waals surface area (Å²) in [4.78, 5) is 4.38. The zero-order valence-corrected chi connectivity index (χ0v) is 29.6. The second kappa shape index (κ2) is 17.6. The van der Waals surface area contributed by atoms with Gasteiger partial charge in [0, 0.05) is 18.6 Å². The van der Waals surface area contributed by atoms with Crippen molar-refractivity contribution in [2.75, 3.05) is 0 Å². The number of imidazole rings is 1.